The van der Waals surface area contributed by atoms with Gasteiger partial charge < -0.3 is 5.32 Å². The lowest BCUT2D eigenvalue weighted by molar-refractivity contribution is -0.116. The van der Waals surface area contributed by atoms with Gasteiger partial charge in [0, 0.05) is 0 Å². The van der Waals surface area contributed by atoms with Crippen molar-refractivity contribution in [3.05, 3.63) is 0 Å². The van der Waals surface area contributed by atoms with Gasteiger partial charge in [-0.1, -0.05) is 22.3 Å². The predicted molar refractivity (Wildman–Crippen MR) is 44.8 cm³/mol. The van der Waals surface area contributed by atoms with Crippen LogP contribution in [0.5, 0.6) is 0 Å². The maximum Gasteiger partial charge on any atom is 0.143 e. The van der Waals surface area contributed by atoms with E-state index in [2.05, 4.69) is 5.32 Å². The normalized spacial score (nSPS) is 5.56. The van der Waals surface area contributed by atoms with Crippen molar-refractivity contribution in [1.29, 1.82) is 0 Å². The van der Waals surface area contributed by atoms with Crippen LogP contribution in [0.4, 0.5) is 0 Å². The van der Waals surface area contributed by atoms with Crippen LogP contribution in [0.2, 0.25) is 0 Å². The Bertz CT molecular complexity index is 52.9. The van der Waals surface area contributed by atoms with Crippen LogP contribution in [0.25, 0.3) is 0 Å². The SMILES string of the molecule is C.C.C.CNCC(C)=O. The third kappa shape index (κ3) is 35.0. The topological polar surface area (TPSA) is 29.1 Å². The van der Waals surface area contributed by atoms with Crippen LogP contribution in [-0.2, 0) is 4.79 Å². The molecule has 0 aliphatic heterocycles. The number of carbonyl (C=O) groups excluding carboxylic acids is 1. The molecule has 1 N–H and O–H groups in total. The first-order valence-electron chi connectivity index (χ1n) is 1.91. The Morgan fingerprint density at radius 3 is 1.67 bits per heavy atom. The van der Waals surface area contributed by atoms with Gasteiger partial charge in [-0.3, -0.25) is 4.79 Å². The smallest absolute Gasteiger partial charge is 0.143 e. The van der Waals surface area contributed by atoms with Gasteiger partial charge in [-0.2, -0.15) is 0 Å². The first kappa shape index (κ1) is 23.4. The summed E-state index contributed by atoms with van der Waals surface area (Å²) >= 11 is 0. The van der Waals surface area contributed by atoms with Crippen LogP contribution in [-0.4, -0.2) is 19.4 Å². The number of ketones is 1. The van der Waals surface area contributed by atoms with E-state index in [0.717, 1.165) is 0 Å². The van der Waals surface area contributed by atoms with Crippen molar-refractivity contribution < 1.29 is 4.79 Å². The molecule has 0 atom stereocenters. The van der Waals surface area contributed by atoms with E-state index in [-0.39, 0.29) is 28.1 Å². The molecule has 2 nitrogen and oxygen atoms in total. The standard InChI is InChI=1S/C4H9NO.3CH4/c1-4(6)3-5-2;;;/h5H,3H2,1-2H3;3*1H4. The number of hydrogen-bond acceptors (Lipinski definition) is 2. The highest BCUT2D eigenvalue weighted by molar-refractivity contribution is 5.77. The van der Waals surface area contributed by atoms with Crippen LogP contribution in [0.15, 0.2) is 0 Å². The molecule has 9 heavy (non-hydrogen) atoms. The van der Waals surface area contributed by atoms with Gasteiger partial charge >= 0.3 is 0 Å². The van der Waals surface area contributed by atoms with Crippen molar-refractivity contribution in [3.8, 4) is 0 Å². The van der Waals surface area contributed by atoms with Gasteiger partial charge in [-0.05, 0) is 14.0 Å². The van der Waals surface area contributed by atoms with E-state index in [1.165, 1.54) is 0 Å². The molecule has 0 rings (SSSR count). The minimum Gasteiger partial charge on any atom is -0.313 e. The molecule has 0 aromatic rings. The minimum absolute atomic E-state index is 0. The van der Waals surface area contributed by atoms with E-state index in [4.69, 9.17) is 0 Å². The molecule has 0 bridgehead atoms. The van der Waals surface area contributed by atoms with Crippen molar-refractivity contribution in [2.45, 2.75) is 29.2 Å². The Morgan fingerprint density at radius 2 is 1.67 bits per heavy atom. The fourth-order valence-electron chi connectivity index (χ4n) is 0.249. The van der Waals surface area contributed by atoms with E-state index in [9.17, 15) is 4.79 Å². The Morgan fingerprint density at radius 1 is 1.33 bits per heavy atom. The second-order valence-electron chi connectivity index (χ2n) is 1.23. The van der Waals surface area contributed by atoms with Crippen LogP contribution in [0.1, 0.15) is 29.2 Å². The monoisotopic (exact) mass is 135 g/mol. The van der Waals surface area contributed by atoms with Crippen LogP contribution in [0, 0.1) is 0 Å². The van der Waals surface area contributed by atoms with Crippen molar-refractivity contribution in [2.75, 3.05) is 13.6 Å². The molecule has 0 radical (unpaired) electrons. The second kappa shape index (κ2) is 15.6. The van der Waals surface area contributed by atoms with Crippen molar-refractivity contribution in [2.24, 2.45) is 0 Å². The fraction of sp³-hybridized carbons (Fsp3) is 0.857. The molecule has 0 aromatic heterocycles. The highest BCUT2D eigenvalue weighted by atomic mass is 16.1. The van der Waals surface area contributed by atoms with Gasteiger partial charge in [0.25, 0.3) is 0 Å². The molecule has 2 heteroatoms. The quantitative estimate of drug-likeness (QED) is 0.624. The zero-order valence-electron chi connectivity index (χ0n) is 4.12. The van der Waals surface area contributed by atoms with Gasteiger partial charge in [0.05, 0.1) is 6.54 Å². The van der Waals surface area contributed by atoms with E-state index >= 15 is 0 Å². The van der Waals surface area contributed by atoms with Crippen LogP contribution >= 0.6 is 0 Å². The minimum atomic E-state index is 0. The zero-order valence-corrected chi connectivity index (χ0v) is 4.12. The van der Waals surface area contributed by atoms with Crippen LogP contribution < -0.4 is 5.32 Å². The Labute approximate surface area is 59.7 Å². The summed E-state index contributed by atoms with van der Waals surface area (Å²) in [6.45, 7) is 2.04. The summed E-state index contributed by atoms with van der Waals surface area (Å²) in [4.78, 5) is 9.98. The average molecular weight is 135 g/mol. The summed E-state index contributed by atoms with van der Waals surface area (Å²) in [6, 6.07) is 0. The average Bonchev–Trinajstić information content (AvgIpc) is 1.35. The van der Waals surface area contributed by atoms with Gasteiger partial charge in [-0.15, -0.1) is 0 Å². The van der Waals surface area contributed by atoms with Crippen molar-refractivity contribution >= 4 is 5.78 Å². The van der Waals surface area contributed by atoms with E-state index in [0.29, 0.717) is 6.54 Å². The van der Waals surface area contributed by atoms with Crippen LogP contribution in [0.3, 0.4) is 0 Å². The molecule has 0 aliphatic carbocycles. The number of rotatable bonds is 2. The third-order valence-electron chi connectivity index (χ3n) is 0.426. The van der Waals surface area contributed by atoms with Gasteiger partial charge in [0.15, 0.2) is 0 Å². The first-order chi connectivity index (χ1) is 2.77. The molecule has 0 aromatic carbocycles. The fourth-order valence-corrected chi connectivity index (χ4v) is 0.249. The maximum atomic E-state index is 9.98. The lowest BCUT2D eigenvalue weighted by Crippen LogP contribution is -2.14. The number of nitrogens with one attached hydrogen (secondary N) is 1. The molecule has 0 saturated carbocycles. The Hall–Kier alpha value is -0.370. The van der Waals surface area contributed by atoms with E-state index < -0.39 is 0 Å². The molecule has 0 saturated heterocycles. The Balaban J connectivity index is -0.0000000417. The Kier molecular flexibility index (Phi) is 40.7. The van der Waals surface area contributed by atoms with E-state index in [1.54, 1.807) is 14.0 Å². The molecule has 0 unspecified atom stereocenters. The van der Waals surface area contributed by atoms with Gasteiger partial charge in [0.2, 0.25) is 0 Å². The van der Waals surface area contributed by atoms with Gasteiger partial charge in [0.1, 0.15) is 5.78 Å². The number of Topliss-reactive ketones (excluding diaryl/α,β-unsaturated/α-hetero) is 1. The zero-order chi connectivity index (χ0) is 4.99. The molecular weight excluding hydrogens is 114 g/mol. The number of likely N-dealkylation sites (N-methyl/N-ethyl adjacent to an activating group) is 1. The lowest BCUT2D eigenvalue weighted by atomic mass is 10.5. The predicted octanol–water partition coefficient (Wildman–Crippen LogP) is 1.70. The van der Waals surface area contributed by atoms with Crippen molar-refractivity contribution in [1.82, 2.24) is 5.32 Å². The molecule has 0 heterocycles. The first-order valence-corrected chi connectivity index (χ1v) is 1.91. The summed E-state index contributed by atoms with van der Waals surface area (Å²) in [6.07, 6.45) is 0. The highest BCUT2D eigenvalue weighted by Crippen LogP contribution is 1.57. The molecule has 0 aliphatic rings. The summed E-state index contributed by atoms with van der Waals surface area (Å²) in [7, 11) is 1.75. The molecule has 0 fully saturated rings. The summed E-state index contributed by atoms with van der Waals surface area (Å²) < 4.78 is 0. The summed E-state index contributed by atoms with van der Waals surface area (Å²) in [5, 5.41) is 2.72. The van der Waals surface area contributed by atoms with Crippen molar-refractivity contribution in [3.63, 3.8) is 0 Å². The largest absolute Gasteiger partial charge is 0.313 e. The van der Waals surface area contributed by atoms with Gasteiger partial charge in [-0.25, -0.2) is 0 Å². The lowest BCUT2D eigenvalue weighted by Gasteiger charge is -1.85. The molecular formula is C7H21NO. The molecule has 60 valence electrons. The van der Waals surface area contributed by atoms with E-state index in [1.807, 2.05) is 0 Å². The molecule has 0 spiro atoms. The second-order valence-corrected chi connectivity index (χ2v) is 1.23. The number of hydrogen-bond donors (Lipinski definition) is 1. The molecule has 0 amide bonds. The highest BCUT2D eigenvalue weighted by Gasteiger charge is 1.82. The summed E-state index contributed by atoms with van der Waals surface area (Å²) in [5.74, 6) is 0.178. The number of carbonyl (C=O) groups is 1. The summed E-state index contributed by atoms with van der Waals surface area (Å²) in [5.41, 5.74) is 0. The maximum absolute atomic E-state index is 9.98. The third-order valence-corrected chi connectivity index (χ3v) is 0.426.